The molecule has 1 aliphatic rings. The van der Waals surface area contributed by atoms with Crippen LogP contribution in [0.5, 0.6) is 11.5 Å². The van der Waals surface area contributed by atoms with Gasteiger partial charge in [0.1, 0.15) is 11.5 Å². The molecule has 0 saturated carbocycles. The Morgan fingerprint density at radius 3 is 2.31 bits per heavy atom. The van der Waals surface area contributed by atoms with E-state index in [-0.39, 0.29) is 35.8 Å². The molecular formula is C21H26ClN3O6S. The van der Waals surface area contributed by atoms with Crippen LogP contribution >= 0.6 is 12.4 Å². The summed E-state index contributed by atoms with van der Waals surface area (Å²) in [6, 6.07) is 13.2. The van der Waals surface area contributed by atoms with Crippen molar-refractivity contribution < 1.29 is 26.9 Å². The number of hydrogen-bond donors (Lipinski definition) is 1. The van der Waals surface area contributed by atoms with Crippen LogP contribution in [0.15, 0.2) is 53.5 Å². The summed E-state index contributed by atoms with van der Waals surface area (Å²) in [6.07, 6.45) is 0.304. The van der Waals surface area contributed by atoms with Crippen molar-refractivity contribution >= 4 is 34.4 Å². The zero-order chi connectivity index (χ0) is 22.6. The van der Waals surface area contributed by atoms with E-state index in [1.54, 1.807) is 43.5 Å². The van der Waals surface area contributed by atoms with Crippen LogP contribution in [0, 0.1) is 0 Å². The van der Waals surface area contributed by atoms with Gasteiger partial charge in [-0.3, -0.25) is 9.69 Å². The molecule has 0 aliphatic carbocycles. The number of likely N-dealkylation sites (N-methyl/N-ethyl adjacent to an activating group) is 1. The molecule has 2 aromatic rings. The summed E-state index contributed by atoms with van der Waals surface area (Å²) in [5.74, 6) is 0.198. The molecule has 0 fully saturated rings. The number of halogens is 1. The number of hydrogen-bond acceptors (Lipinski definition) is 8. The molecule has 1 atom stereocenters. The molecule has 1 heterocycles. The van der Waals surface area contributed by atoms with Crippen molar-refractivity contribution in [3.05, 3.63) is 59.7 Å². The molecule has 32 heavy (non-hydrogen) atoms. The first-order chi connectivity index (χ1) is 14.7. The molecule has 9 nitrogen and oxygen atoms in total. The predicted molar refractivity (Wildman–Crippen MR) is 123 cm³/mol. The second-order valence-corrected chi connectivity index (χ2v) is 8.68. The third-order valence-electron chi connectivity index (χ3n) is 4.97. The number of nitrogens with zero attached hydrogens (tertiary/aromatic N) is 2. The van der Waals surface area contributed by atoms with Gasteiger partial charge in [-0.25, -0.2) is 4.99 Å². The fourth-order valence-corrected chi connectivity index (χ4v) is 4.31. The van der Waals surface area contributed by atoms with E-state index in [1.165, 1.54) is 31.2 Å². The SMILES string of the molecule is COCCCS(=O)(=O)Oc1cccc(C2(c3ccc(OC)cc3)N=C(N)N(C)C2=O)c1.Cl. The molecule has 2 aromatic carbocycles. The number of ether oxygens (including phenoxy) is 2. The molecule has 0 spiro atoms. The molecule has 11 heteroatoms. The number of aliphatic imine (C=N–C) groups is 1. The summed E-state index contributed by atoms with van der Waals surface area (Å²) in [5, 5.41) is 0. The van der Waals surface area contributed by atoms with Crippen LogP contribution in [0.2, 0.25) is 0 Å². The Balaban J connectivity index is 0.00000363. The number of amides is 1. The van der Waals surface area contributed by atoms with Crippen molar-refractivity contribution in [3.8, 4) is 11.5 Å². The van der Waals surface area contributed by atoms with Crippen molar-refractivity contribution in [1.29, 1.82) is 0 Å². The standard InChI is InChI=1S/C21H25N3O6S.ClH/c1-24-19(25)21(23-20(24)22,15-8-10-17(29-3)11-9-15)16-6-4-7-18(14-16)30-31(26,27)13-5-12-28-2;/h4,6-11,14H,5,12-13H2,1-3H3,(H2,22,23);1H. The Bertz CT molecular complexity index is 1090. The summed E-state index contributed by atoms with van der Waals surface area (Å²) in [6.45, 7) is 0.304. The molecular weight excluding hydrogens is 458 g/mol. The molecule has 0 radical (unpaired) electrons. The van der Waals surface area contributed by atoms with E-state index < -0.39 is 15.7 Å². The highest BCUT2D eigenvalue weighted by Crippen LogP contribution is 2.40. The van der Waals surface area contributed by atoms with Crippen LogP contribution in [0.25, 0.3) is 0 Å². The minimum atomic E-state index is -3.83. The lowest BCUT2D eigenvalue weighted by Crippen LogP contribution is -2.41. The number of guanidine groups is 1. The van der Waals surface area contributed by atoms with Gasteiger partial charge in [-0.15, -0.1) is 12.4 Å². The van der Waals surface area contributed by atoms with Crippen molar-refractivity contribution in [2.24, 2.45) is 10.7 Å². The highest BCUT2D eigenvalue weighted by atomic mass is 35.5. The number of rotatable bonds is 9. The van der Waals surface area contributed by atoms with Crippen LogP contribution in [0.4, 0.5) is 0 Å². The minimum Gasteiger partial charge on any atom is -0.497 e. The lowest BCUT2D eigenvalue weighted by molar-refractivity contribution is -0.129. The Labute approximate surface area is 193 Å². The van der Waals surface area contributed by atoms with Crippen molar-refractivity contribution in [3.63, 3.8) is 0 Å². The van der Waals surface area contributed by atoms with Gasteiger partial charge in [-0.2, -0.15) is 8.42 Å². The van der Waals surface area contributed by atoms with E-state index >= 15 is 0 Å². The number of benzene rings is 2. The van der Waals surface area contributed by atoms with Gasteiger partial charge >= 0.3 is 10.1 Å². The monoisotopic (exact) mass is 483 g/mol. The van der Waals surface area contributed by atoms with Gasteiger partial charge in [0.2, 0.25) is 0 Å². The Morgan fingerprint density at radius 1 is 1.06 bits per heavy atom. The molecule has 174 valence electrons. The third-order valence-corrected chi connectivity index (χ3v) is 6.20. The average molecular weight is 484 g/mol. The predicted octanol–water partition coefficient (Wildman–Crippen LogP) is 1.89. The first kappa shape index (κ1) is 25.4. The molecule has 0 aromatic heterocycles. The highest BCUT2D eigenvalue weighted by Gasteiger charge is 2.49. The third kappa shape index (κ3) is 4.98. The van der Waals surface area contributed by atoms with Gasteiger partial charge in [0.25, 0.3) is 5.91 Å². The quantitative estimate of drug-likeness (QED) is 0.427. The van der Waals surface area contributed by atoms with Gasteiger partial charge in [0.05, 0.1) is 12.9 Å². The second kappa shape index (κ2) is 10.2. The zero-order valence-electron chi connectivity index (χ0n) is 18.0. The normalized spacial score (nSPS) is 18.2. The molecule has 1 amide bonds. The summed E-state index contributed by atoms with van der Waals surface area (Å²) >= 11 is 0. The molecule has 1 unspecified atom stereocenters. The van der Waals surface area contributed by atoms with E-state index in [1.807, 2.05) is 0 Å². The lowest BCUT2D eigenvalue weighted by atomic mass is 9.82. The number of methoxy groups -OCH3 is 2. The molecule has 0 saturated heterocycles. The number of nitrogens with two attached hydrogens (primary N) is 1. The molecule has 3 rings (SSSR count). The molecule has 1 aliphatic heterocycles. The van der Waals surface area contributed by atoms with E-state index in [0.29, 0.717) is 29.9 Å². The summed E-state index contributed by atoms with van der Waals surface area (Å²) in [5.41, 5.74) is 5.50. The van der Waals surface area contributed by atoms with Crippen molar-refractivity contribution in [2.75, 3.05) is 33.6 Å². The Kier molecular flexibility index (Phi) is 8.11. The second-order valence-electron chi connectivity index (χ2n) is 6.99. The summed E-state index contributed by atoms with van der Waals surface area (Å²) in [4.78, 5) is 19.0. The van der Waals surface area contributed by atoms with E-state index in [2.05, 4.69) is 4.99 Å². The van der Waals surface area contributed by atoms with E-state index in [9.17, 15) is 13.2 Å². The number of carbonyl (C=O) groups excluding carboxylic acids is 1. The maximum atomic E-state index is 13.3. The minimum absolute atomic E-state index is 0. The Hall–Kier alpha value is -2.82. The maximum absolute atomic E-state index is 13.3. The first-order valence-corrected chi connectivity index (χ1v) is 11.1. The van der Waals surface area contributed by atoms with Gasteiger partial charge in [0, 0.05) is 20.8 Å². The highest BCUT2D eigenvalue weighted by molar-refractivity contribution is 7.87. The largest absolute Gasteiger partial charge is 0.497 e. The van der Waals surface area contributed by atoms with Crippen LogP contribution in [0.3, 0.4) is 0 Å². The van der Waals surface area contributed by atoms with E-state index in [4.69, 9.17) is 19.4 Å². The van der Waals surface area contributed by atoms with Gasteiger partial charge < -0.3 is 19.4 Å². The smallest absolute Gasteiger partial charge is 0.309 e. The zero-order valence-corrected chi connectivity index (χ0v) is 19.6. The maximum Gasteiger partial charge on any atom is 0.309 e. The summed E-state index contributed by atoms with van der Waals surface area (Å²) < 4.78 is 39.9. The van der Waals surface area contributed by atoms with Crippen molar-refractivity contribution in [2.45, 2.75) is 12.0 Å². The van der Waals surface area contributed by atoms with Gasteiger partial charge in [0.15, 0.2) is 11.5 Å². The molecule has 0 bridgehead atoms. The fraction of sp³-hybridized carbons (Fsp3) is 0.333. The number of carbonyl (C=O) groups is 1. The van der Waals surface area contributed by atoms with Crippen molar-refractivity contribution in [1.82, 2.24) is 4.90 Å². The summed E-state index contributed by atoms with van der Waals surface area (Å²) in [7, 11) is 0.749. The fourth-order valence-electron chi connectivity index (χ4n) is 3.36. The van der Waals surface area contributed by atoms with Crippen LogP contribution in [-0.4, -0.2) is 58.8 Å². The van der Waals surface area contributed by atoms with Crippen LogP contribution in [-0.2, 0) is 25.2 Å². The van der Waals surface area contributed by atoms with Gasteiger partial charge in [-0.05, 0) is 41.8 Å². The van der Waals surface area contributed by atoms with E-state index in [0.717, 1.165) is 0 Å². The average Bonchev–Trinajstić information content (AvgIpc) is 2.98. The Morgan fingerprint density at radius 2 is 1.75 bits per heavy atom. The topological polar surface area (TPSA) is 121 Å². The van der Waals surface area contributed by atoms with Gasteiger partial charge in [-0.1, -0.05) is 24.3 Å². The first-order valence-electron chi connectivity index (χ1n) is 9.53. The molecule has 2 N–H and O–H groups in total. The lowest BCUT2D eigenvalue weighted by Gasteiger charge is -2.26. The van der Waals surface area contributed by atoms with Crippen LogP contribution < -0.4 is 14.7 Å². The van der Waals surface area contributed by atoms with Crippen LogP contribution in [0.1, 0.15) is 17.5 Å².